The maximum absolute atomic E-state index is 3.27. The average molecular weight is 797 g/mol. The second-order valence-corrected chi connectivity index (χ2v) is 31.4. The van der Waals surface area contributed by atoms with Crippen LogP contribution in [0.5, 0.6) is 0 Å². The van der Waals surface area contributed by atoms with E-state index in [1.165, 1.54) is 31.8 Å². The van der Waals surface area contributed by atoms with Crippen LogP contribution in [-0.2, 0) is 19.4 Å². The topological polar surface area (TPSA) is 0 Å². The molecule has 0 aromatic heterocycles. The SMILES string of the molecule is [Br][Cd][Br].c1ccc(P(c2ccccc2)c2ccccc2)cc1.c1ccc(P(c2ccccc2)c2ccccc2)cc1. The zero-order chi connectivity index (χ0) is 28.5. The molecule has 0 atom stereocenters. The second-order valence-electron chi connectivity index (χ2n) is 8.79. The minimum Gasteiger partial charge on any atom is -0.0622 e. The minimum atomic E-state index is -0.446. The first kappa shape index (κ1) is 32.0. The van der Waals surface area contributed by atoms with Crippen molar-refractivity contribution >= 4 is 71.6 Å². The maximum atomic E-state index is 3.27. The maximum Gasteiger partial charge on any atom is -0.0134 e. The summed E-state index contributed by atoms with van der Waals surface area (Å²) in [6.45, 7) is 0. The van der Waals surface area contributed by atoms with Gasteiger partial charge >= 0.3 is 43.4 Å². The molecule has 0 amide bonds. The van der Waals surface area contributed by atoms with Gasteiger partial charge < -0.3 is 0 Å². The van der Waals surface area contributed by atoms with Gasteiger partial charge in [-0.25, -0.2) is 0 Å². The third-order valence-electron chi connectivity index (χ3n) is 6.09. The molecule has 0 bridgehead atoms. The van der Waals surface area contributed by atoms with Crippen LogP contribution in [0.4, 0.5) is 0 Å². The van der Waals surface area contributed by atoms with E-state index in [-0.39, 0.29) is 19.4 Å². The zero-order valence-electron chi connectivity index (χ0n) is 22.7. The summed E-state index contributed by atoms with van der Waals surface area (Å²) in [6, 6.07) is 64.7. The Labute approximate surface area is 270 Å². The van der Waals surface area contributed by atoms with Crippen LogP contribution < -0.4 is 31.8 Å². The molecule has 0 unspecified atom stereocenters. The third-order valence-corrected chi connectivity index (χ3v) is 11.0. The van der Waals surface area contributed by atoms with Gasteiger partial charge in [0.2, 0.25) is 0 Å². The second kappa shape index (κ2) is 18.6. The fraction of sp³-hybridized carbons (Fsp3) is 0. The Morgan fingerprint density at radius 3 is 0.512 bits per heavy atom. The molecular weight excluding hydrogens is 767 g/mol. The Morgan fingerprint density at radius 1 is 0.268 bits per heavy atom. The predicted molar refractivity (Wildman–Crippen MR) is 188 cm³/mol. The minimum absolute atomic E-state index is 0.385. The molecule has 5 heteroatoms. The molecular formula is C36H30Br2CdP2. The van der Waals surface area contributed by atoms with Gasteiger partial charge in [0.1, 0.15) is 0 Å². The molecule has 0 heterocycles. The first-order valence-corrected chi connectivity index (χ1v) is 34.1. The van der Waals surface area contributed by atoms with Crippen molar-refractivity contribution in [3.8, 4) is 0 Å². The van der Waals surface area contributed by atoms with Crippen molar-refractivity contribution in [3.05, 3.63) is 182 Å². The molecule has 0 fully saturated rings. The normalized spacial score (nSPS) is 10.0. The van der Waals surface area contributed by atoms with Crippen LogP contribution in [0.15, 0.2) is 182 Å². The Balaban J connectivity index is 0.000000173. The van der Waals surface area contributed by atoms with Gasteiger partial charge in [-0.05, 0) is 47.7 Å². The van der Waals surface area contributed by atoms with Crippen molar-refractivity contribution in [1.82, 2.24) is 0 Å². The van der Waals surface area contributed by atoms with E-state index in [0.29, 0.717) is 0 Å². The van der Waals surface area contributed by atoms with Gasteiger partial charge in [0, 0.05) is 0 Å². The van der Waals surface area contributed by atoms with Crippen molar-refractivity contribution in [3.63, 3.8) is 0 Å². The van der Waals surface area contributed by atoms with Gasteiger partial charge in [-0.3, -0.25) is 0 Å². The van der Waals surface area contributed by atoms with Crippen LogP contribution in [0.1, 0.15) is 0 Å². The molecule has 6 aromatic rings. The molecule has 6 rings (SSSR count). The van der Waals surface area contributed by atoms with Gasteiger partial charge in [0.25, 0.3) is 0 Å². The van der Waals surface area contributed by atoms with Gasteiger partial charge in [-0.2, -0.15) is 0 Å². The Hall–Kier alpha value is -1.94. The largest absolute Gasteiger partial charge is 0.0622 e. The predicted octanol–water partition coefficient (Wildman–Crippen LogP) is 8.58. The Bertz CT molecular complexity index is 1200. The summed E-state index contributed by atoms with van der Waals surface area (Å²) in [5.41, 5.74) is 0. The monoisotopic (exact) mass is 796 g/mol. The van der Waals surface area contributed by atoms with E-state index in [1.807, 2.05) is 0 Å². The standard InChI is InChI=1S/2C18H15P.2BrH.Cd/c2*1-4-10-16(11-5-1)19(17-12-6-2-7-13-17)18-14-8-3-9-15-18;;;/h2*1-15H;2*1H;/q;;;;+2/p-2. The van der Waals surface area contributed by atoms with Crippen molar-refractivity contribution < 1.29 is 19.4 Å². The quantitative estimate of drug-likeness (QED) is 0.117. The van der Waals surface area contributed by atoms with Crippen LogP contribution in [0.25, 0.3) is 0 Å². The molecule has 0 saturated carbocycles. The van der Waals surface area contributed by atoms with E-state index in [1.54, 1.807) is 0 Å². The van der Waals surface area contributed by atoms with Crippen molar-refractivity contribution in [2.24, 2.45) is 0 Å². The number of hydrogen-bond acceptors (Lipinski definition) is 0. The van der Waals surface area contributed by atoms with Crippen LogP contribution in [0, 0.1) is 0 Å². The van der Waals surface area contributed by atoms with Gasteiger partial charge in [0.05, 0.1) is 0 Å². The number of rotatable bonds is 6. The van der Waals surface area contributed by atoms with Crippen molar-refractivity contribution in [2.75, 3.05) is 0 Å². The van der Waals surface area contributed by atoms with E-state index >= 15 is 0 Å². The molecule has 0 spiro atoms. The number of halogens is 2. The van der Waals surface area contributed by atoms with E-state index in [4.69, 9.17) is 0 Å². The first-order valence-electron chi connectivity index (χ1n) is 13.3. The van der Waals surface area contributed by atoms with Crippen molar-refractivity contribution in [1.29, 1.82) is 0 Å². The summed E-state index contributed by atoms with van der Waals surface area (Å²) in [5.74, 6) is 0. The fourth-order valence-electron chi connectivity index (χ4n) is 4.36. The molecule has 6 aromatic carbocycles. The molecule has 0 N–H and O–H groups in total. The summed E-state index contributed by atoms with van der Waals surface area (Å²) in [6.07, 6.45) is 0. The summed E-state index contributed by atoms with van der Waals surface area (Å²) in [4.78, 5) is 0. The molecule has 0 saturated heterocycles. The smallest absolute Gasteiger partial charge is 0.0134 e. The molecule has 41 heavy (non-hydrogen) atoms. The van der Waals surface area contributed by atoms with E-state index < -0.39 is 15.8 Å². The third kappa shape index (κ3) is 10.1. The molecule has 0 aliphatic carbocycles. The van der Waals surface area contributed by atoms with E-state index in [0.717, 1.165) is 0 Å². The first-order chi connectivity index (χ1) is 20.3. The van der Waals surface area contributed by atoms with E-state index in [2.05, 4.69) is 206 Å². The fourth-order valence-corrected chi connectivity index (χ4v) is 8.97. The Morgan fingerprint density at radius 2 is 0.390 bits per heavy atom. The van der Waals surface area contributed by atoms with Gasteiger partial charge in [-0.15, -0.1) is 0 Å². The van der Waals surface area contributed by atoms with Gasteiger partial charge in [-0.1, -0.05) is 182 Å². The van der Waals surface area contributed by atoms with E-state index in [9.17, 15) is 0 Å². The van der Waals surface area contributed by atoms with Crippen LogP contribution in [0.2, 0.25) is 0 Å². The van der Waals surface area contributed by atoms with Gasteiger partial charge in [0.15, 0.2) is 0 Å². The van der Waals surface area contributed by atoms with Crippen LogP contribution in [0.3, 0.4) is 0 Å². The van der Waals surface area contributed by atoms with Crippen LogP contribution >= 0.6 is 39.8 Å². The number of benzene rings is 6. The molecule has 0 nitrogen and oxygen atoms in total. The molecule has 0 aliphatic heterocycles. The summed E-state index contributed by atoms with van der Waals surface area (Å²) in [5, 5.41) is 8.39. The number of hydrogen-bond donors (Lipinski definition) is 0. The molecule has 0 radical (unpaired) electrons. The van der Waals surface area contributed by atoms with Crippen molar-refractivity contribution in [2.45, 2.75) is 0 Å². The summed E-state index contributed by atoms with van der Waals surface area (Å²) in [7, 11) is -0.892. The molecule has 0 aliphatic rings. The average Bonchev–Trinajstić information content (AvgIpc) is 3.05. The summed E-state index contributed by atoms with van der Waals surface area (Å²) < 4.78 is 0. The Kier molecular flexibility index (Phi) is 14.5. The zero-order valence-corrected chi connectivity index (χ0v) is 31.7. The molecule has 200 valence electrons. The summed E-state index contributed by atoms with van der Waals surface area (Å²) >= 11 is 6.16. The van der Waals surface area contributed by atoms with Crippen LogP contribution in [-0.4, -0.2) is 0 Å².